The zero-order valence-electron chi connectivity index (χ0n) is 9.53. The zero-order valence-corrected chi connectivity index (χ0v) is 9.53. The van der Waals surface area contributed by atoms with Gasteiger partial charge in [0.25, 0.3) is 0 Å². The van der Waals surface area contributed by atoms with Crippen molar-refractivity contribution >= 4 is 0 Å². The second-order valence-corrected chi connectivity index (χ2v) is 3.73. The van der Waals surface area contributed by atoms with E-state index in [1.54, 1.807) is 0 Å². The maximum absolute atomic E-state index is 5.18. The molecule has 3 heteroatoms. The van der Waals surface area contributed by atoms with Crippen molar-refractivity contribution in [1.82, 2.24) is 14.9 Å². The number of hydrogen-bond donors (Lipinski definition) is 1. The van der Waals surface area contributed by atoms with Crippen molar-refractivity contribution in [3.05, 3.63) is 18.2 Å². The quantitative estimate of drug-likeness (QED) is 0.567. The second kappa shape index (κ2) is 6.26. The predicted molar refractivity (Wildman–Crippen MR) is 62.3 cm³/mol. The van der Waals surface area contributed by atoms with Crippen LogP contribution in [0.4, 0.5) is 0 Å². The van der Waals surface area contributed by atoms with E-state index in [4.69, 9.17) is 6.42 Å². The van der Waals surface area contributed by atoms with E-state index in [0.29, 0.717) is 6.04 Å². The molecule has 0 saturated heterocycles. The van der Waals surface area contributed by atoms with Gasteiger partial charge in [0.15, 0.2) is 0 Å². The van der Waals surface area contributed by atoms with Crippen LogP contribution < -0.4 is 5.32 Å². The molecule has 0 aliphatic heterocycles. The number of nitrogens with one attached hydrogen (secondary N) is 1. The fourth-order valence-corrected chi connectivity index (χ4v) is 1.56. The molecule has 15 heavy (non-hydrogen) atoms. The SMILES string of the molecule is C#CCCCCNC(C)c1nccn1C. The Labute approximate surface area is 91.9 Å². The summed E-state index contributed by atoms with van der Waals surface area (Å²) >= 11 is 0. The summed E-state index contributed by atoms with van der Waals surface area (Å²) in [4.78, 5) is 4.30. The average Bonchev–Trinajstić information content (AvgIpc) is 2.64. The minimum atomic E-state index is 0.302. The van der Waals surface area contributed by atoms with Gasteiger partial charge in [-0.05, 0) is 26.3 Å². The third kappa shape index (κ3) is 3.77. The summed E-state index contributed by atoms with van der Waals surface area (Å²) in [6.45, 7) is 3.12. The molecular weight excluding hydrogens is 186 g/mol. The van der Waals surface area contributed by atoms with Crippen LogP contribution in [-0.4, -0.2) is 16.1 Å². The van der Waals surface area contributed by atoms with Gasteiger partial charge in [-0.1, -0.05) is 0 Å². The van der Waals surface area contributed by atoms with E-state index >= 15 is 0 Å². The van der Waals surface area contributed by atoms with Gasteiger partial charge in [-0.2, -0.15) is 0 Å². The smallest absolute Gasteiger partial charge is 0.125 e. The van der Waals surface area contributed by atoms with Gasteiger partial charge < -0.3 is 9.88 Å². The van der Waals surface area contributed by atoms with Gasteiger partial charge in [0, 0.05) is 25.9 Å². The second-order valence-electron chi connectivity index (χ2n) is 3.73. The van der Waals surface area contributed by atoms with E-state index < -0.39 is 0 Å². The Morgan fingerprint density at radius 2 is 2.40 bits per heavy atom. The lowest BCUT2D eigenvalue weighted by Crippen LogP contribution is -2.22. The molecule has 1 N–H and O–H groups in total. The molecule has 0 spiro atoms. The van der Waals surface area contributed by atoms with Gasteiger partial charge in [0.05, 0.1) is 6.04 Å². The molecule has 0 aliphatic carbocycles. The van der Waals surface area contributed by atoms with Crippen molar-refractivity contribution < 1.29 is 0 Å². The molecule has 0 amide bonds. The Balaban J connectivity index is 2.23. The summed E-state index contributed by atoms with van der Waals surface area (Å²) in [6.07, 6.45) is 12.1. The van der Waals surface area contributed by atoms with Crippen molar-refractivity contribution in [3.8, 4) is 12.3 Å². The van der Waals surface area contributed by atoms with Crippen molar-refractivity contribution in [3.63, 3.8) is 0 Å². The number of nitrogens with zero attached hydrogens (tertiary/aromatic N) is 2. The standard InChI is InChI=1S/C12H19N3/c1-4-5-6-7-8-13-11(2)12-14-9-10-15(12)3/h1,9-11,13H,5-8H2,2-3H3. The predicted octanol–water partition coefficient (Wildman–Crippen LogP) is 1.87. The molecule has 1 atom stereocenters. The van der Waals surface area contributed by atoms with E-state index in [-0.39, 0.29) is 0 Å². The number of unbranched alkanes of at least 4 members (excludes halogenated alkanes) is 2. The molecule has 1 aromatic heterocycles. The van der Waals surface area contributed by atoms with E-state index in [1.165, 1.54) is 0 Å². The van der Waals surface area contributed by atoms with Crippen molar-refractivity contribution in [2.24, 2.45) is 7.05 Å². The largest absolute Gasteiger partial charge is 0.337 e. The van der Waals surface area contributed by atoms with Crippen LogP contribution in [0, 0.1) is 12.3 Å². The zero-order chi connectivity index (χ0) is 11.1. The summed E-state index contributed by atoms with van der Waals surface area (Å²) < 4.78 is 2.04. The van der Waals surface area contributed by atoms with Crippen LogP contribution in [0.3, 0.4) is 0 Å². The molecule has 1 aromatic rings. The maximum Gasteiger partial charge on any atom is 0.125 e. The Hall–Kier alpha value is -1.27. The van der Waals surface area contributed by atoms with Crippen LogP contribution in [0.1, 0.15) is 38.1 Å². The van der Waals surface area contributed by atoms with Gasteiger partial charge >= 0.3 is 0 Å². The van der Waals surface area contributed by atoms with Gasteiger partial charge in [0.2, 0.25) is 0 Å². The van der Waals surface area contributed by atoms with Crippen molar-refractivity contribution in [2.75, 3.05) is 6.54 Å². The minimum Gasteiger partial charge on any atom is -0.337 e. The van der Waals surface area contributed by atoms with Gasteiger partial charge in [-0.3, -0.25) is 0 Å². The molecule has 1 rings (SSSR count). The number of imidazole rings is 1. The Bertz CT molecular complexity index is 322. The van der Waals surface area contributed by atoms with E-state index in [1.807, 2.05) is 24.0 Å². The van der Waals surface area contributed by atoms with Crippen LogP contribution in [0.15, 0.2) is 12.4 Å². The van der Waals surface area contributed by atoms with E-state index in [0.717, 1.165) is 31.6 Å². The fraction of sp³-hybridized carbons (Fsp3) is 0.583. The van der Waals surface area contributed by atoms with Crippen LogP contribution in [0.5, 0.6) is 0 Å². The van der Waals surface area contributed by atoms with E-state index in [2.05, 4.69) is 23.1 Å². The highest BCUT2D eigenvalue weighted by Gasteiger charge is 2.08. The third-order valence-corrected chi connectivity index (χ3v) is 2.44. The molecule has 0 aromatic carbocycles. The van der Waals surface area contributed by atoms with Crippen LogP contribution >= 0.6 is 0 Å². The summed E-state index contributed by atoms with van der Waals surface area (Å²) in [5, 5.41) is 3.43. The fourth-order valence-electron chi connectivity index (χ4n) is 1.56. The number of aromatic nitrogens is 2. The van der Waals surface area contributed by atoms with Gasteiger partial charge in [-0.15, -0.1) is 12.3 Å². The molecule has 0 bridgehead atoms. The lowest BCUT2D eigenvalue weighted by atomic mass is 10.2. The summed E-state index contributed by atoms with van der Waals surface area (Å²) in [6, 6.07) is 0.302. The number of rotatable bonds is 6. The first-order valence-electron chi connectivity index (χ1n) is 5.39. The van der Waals surface area contributed by atoms with Gasteiger partial charge in [-0.25, -0.2) is 4.98 Å². The molecule has 0 fully saturated rings. The highest BCUT2D eigenvalue weighted by Crippen LogP contribution is 2.08. The first kappa shape index (κ1) is 11.8. The number of terminal acetylenes is 1. The van der Waals surface area contributed by atoms with Gasteiger partial charge in [0.1, 0.15) is 5.82 Å². The summed E-state index contributed by atoms with van der Waals surface area (Å²) in [7, 11) is 2.01. The third-order valence-electron chi connectivity index (χ3n) is 2.44. The van der Waals surface area contributed by atoms with Crippen molar-refractivity contribution in [2.45, 2.75) is 32.2 Å². The lowest BCUT2D eigenvalue weighted by molar-refractivity contribution is 0.515. The van der Waals surface area contributed by atoms with Crippen LogP contribution in [-0.2, 0) is 7.05 Å². The molecule has 3 nitrogen and oxygen atoms in total. The molecule has 0 saturated carbocycles. The highest BCUT2D eigenvalue weighted by molar-refractivity contribution is 4.96. The topological polar surface area (TPSA) is 29.9 Å². The monoisotopic (exact) mass is 205 g/mol. The molecule has 0 radical (unpaired) electrons. The highest BCUT2D eigenvalue weighted by atomic mass is 15.1. The molecule has 0 aliphatic rings. The number of aryl methyl sites for hydroxylation is 1. The normalized spacial score (nSPS) is 12.3. The maximum atomic E-state index is 5.18. The lowest BCUT2D eigenvalue weighted by Gasteiger charge is -2.13. The molecule has 1 heterocycles. The van der Waals surface area contributed by atoms with Crippen LogP contribution in [0.25, 0.3) is 0 Å². The summed E-state index contributed by atoms with van der Waals surface area (Å²) in [5.74, 6) is 3.72. The Morgan fingerprint density at radius 3 is 3.00 bits per heavy atom. The number of hydrogen-bond acceptors (Lipinski definition) is 2. The average molecular weight is 205 g/mol. The summed E-state index contributed by atoms with van der Waals surface area (Å²) in [5.41, 5.74) is 0. The molecular formula is C12H19N3. The molecule has 1 unspecified atom stereocenters. The Kier molecular flexibility index (Phi) is 4.92. The van der Waals surface area contributed by atoms with Crippen molar-refractivity contribution in [1.29, 1.82) is 0 Å². The first-order chi connectivity index (χ1) is 7.25. The van der Waals surface area contributed by atoms with Crippen LogP contribution in [0.2, 0.25) is 0 Å². The first-order valence-corrected chi connectivity index (χ1v) is 5.39. The molecule has 82 valence electrons. The Morgan fingerprint density at radius 1 is 1.60 bits per heavy atom. The minimum absolute atomic E-state index is 0.302. The van der Waals surface area contributed by atoms with E-state index in [9.17, 15) is 0 Å².